The minimum absolute atomic E-state index is 0.0756. The zero-order chi connectivity index (χ0) is 17.7. The van der Waals surface area contributed by atoms with Crippen molar-refractivity contribution in [2.24, 2.45) is 0 Å². The summed E-state index contributed by atoms with van der Waals surface area (Å²) >= 11 is 11.6. The molecule has 1 N–H and O–H groups in total. The van der Waals surface area contributed by atoms with Crippen molar-refractivity contribution in [2.45, 2.75) is 19.1 Å². The number of hydrogen-bond acceptors (Lipinski definition) is 5. The largest absolute Gasteiger partial charge is 0.484 e. The van der Waals surface area contributed by atoms with Crippen molar-refractivity contribution in [1.82, 2.24) is 15.5 Å². The Morgan fingerprint density at radius 1 is 1.25 bits per heavy atom. The van der Waals surface area contributed by atoms with Crippen LogP contribution in [0.15, 0.2) is 22.7 Å². The Labute approximate surface area is 143 Å². The summed E-state index contributed by atoms with van der Waals surface area (Å²) in [5.74, 6) is -0.882. The fourth-order valence-corrected chi connectivity index (χ4v) is 2.10. The van der Waals surface area contributed by atoms with Gasteiger partial charge in [-0.25, -0.2) is 0 Å². The molecule has 0 aliphatic rings. The summed E-state index contributed by atoms with van der Waals surface area (Å²) < 4.78 is 46.1. The number of nitrogens with one attached hydrogen (secondary N) is 1. The second kappa shape index (κ2) is 7.71. The van der Waals surface area contributed by atoms with Crippen LogP contribution >= 0.6 is 23.2 Å². The first kappa shape index (κ1) is 18.3. The Morgan fingerprint density at radius 2 is 1.92 bits per heavy atom. The number of hydrogen-bond donors (Lipinski definition) is 1. The summed E-state index contributed by atoms with van der Waals surface area (Å²) in [4.78, 5) is 15.1. The van der Waals surface area contributed by atoms with Crippen LogP contribution < -0.4 is 10.1 Å². The molecule has 2 rings (SSSR count). The van der Waals surface area contributed by atoms with Crippen LogP contribution in [0.25, 0.3) is 0 Å². The highest BCUT2D eigenvalue weighted by molar-refractivity contribution is 6.34. The molecule has 1 amide bonds. The molecule has 0 atom stereocenters. The molecule has 1 aromatic carbocycles. The van der Waals surface area contributed by atoms with Crippen LogP contribution in [0.2, 0.25) is 10.0 Å². The lowest BCUT2D eigenvalue weighted by Crippen LogP contribution is -2.28. The first-order chi connectivity index (χ1) is 11.2. The Bertz CT molecular complexity index is 702. The quantitative estimate of drug-likeness (QED) is 0.828. The lowest BCUT2D eigenvalue weighted by atomic mass is 10.3. The Morgan fingerprint density at radius 3 is 2.54 bits per heavy atom. The number of carbonyl (C=O) groups is 1. The van der Waals surface area contributed by atoms with Crippen molar-refractivity contribution in [3.8, 4) is 5.75 Å². The molecule has 0 aliphatic heterocycles. The van der Waals surface area contributed by atoms with Crippen LogP contribution in [-0.2, 0) is 17.8 Å². The molecule has 0 fully saturated rings. The molecule has 2 aromatic rings. The Hall–Kier alpha value is -2.00. The Kier molecular flexibility index (Phi) is 5.89. The number of halogens is 5. The molecule has 0 saturated heterocycles. The minimum atomic E-state index is -4.45. The molecule has 0 bridgehead atoms. The van der Waals surface area contributed by atoms with Crippen LogP contribution in [-0.4, -0.2) is 28.8 Å². The van der Waals surface area contributed by atoms with Crippen LogP contribution in [0, 0.1) is 0 Å². The number of aromatic nitrogens is 2. The maximum Gasteiger partial charge on any atom is 0.397 e. The minimum Gasteiger partial charge on any atom is -0.484 e. The van der Waals surface area contributed by atoms with E-state index in [2.05, 4.69) is 20.0 Å². The summed E-state index contributed by atoms with van der Waals surface area (Å²) in [7, 11) is 0. The first-order valence-electron chi connectivity index (χ1n) is 6.45. The van der Waals surface area contributed by atoms with E-state index in [1.54, 1.807) is 0 Å². The zero-order valence-corrected chi connectivity index (χ0v) is 13.4. The van der Waals surface area contributed by atoms with Gasteiger partial charge in [-0.2, -0.15) is 18.2 Å². The molecule has 130 valence electrons. The topological polar surface area (TPSA) is 77.2 Å². The predicted molar refractivity (Wildman–Crippen MR) is 77.9 cm³/mol. The van der Waals surface area contributed by atoms with E-state index in [0.717, 1.165) is 0 Å². The van der Waals surface area contributed by atoms with E-state index in [4.69, 9.17) is 27.9 Å². The molecular weight excluding hydrogens is 374 g/mol. The lowest BCUT2D eigenvalue weighted by molar-refractivity contribution is -0.131. The number of amides is 1. The van der Waals surface area contributed by atoms with Gasteiger partial charge >= 0.3 is 6.18 Å². The second-order valence-corrected chi connectivity index (χ2v) is 5.44. The van der Waals surface area contributed by atoms with Crippen LogP contribution in [0.5, 0.6) is 5.75 Å². The standard InChI is InChI=1S/C13H10Cl2F3N3O3/c14-7-1-8(15)3-9(2-7)23-6-11(22)19-5-10-20-12(24-21-10)4-13(16,17)18/h1-3H,4-6H2,(H,19,22). The monoisotopic (exact) mass is 383 g/mol. The normalized spacial score (nSPS) is 11.4. The molecule has 0 unspecified atom stereocenters. The van der Waals surface area contributed by atoms with Crippen LogP contribution in [0.3, 0.4) is 0 Å². The number of benzene rings is 1. The van der Waals surface area contributed by atoms with Gasteiger partial charge in [-0.3, -0.25) is 4.79 Å². The summed E-state index contributed by atoms with van der Waals surface area (Å²) in [6.45, 7) is -0.538. The average molecular weight is 384 g/mol. The van der Waals surface area contributed by atoms with Crippen molar-refractivity contribution >= 4 is 29.1 Å². The molecule has 1 aromatic heterocycles. The van der Waals surface area contributed by atoms with Crippen molar-refractivity contribution < 1.29 is 27.2 Å². The summed E-state index contributed by atoms with van der Waals surface area (Å²) in [6.07, 6.45) is -5.77. The highest BCUT2D eigenvalue weighted by Crippen LogP contribution is 2.24. The fraction of sp³-hybridized carbons (Fsp3) is 0.308. The highest BCUT2D eigenvalue weighted by Gasteiger charge is 2.31. The van der Waals surface area contributed by atoms with Gasteiger partial charge in [0.05, 0.1) is 6.54 Å². The van der Waals surface area contributed by atoms with Crippen LogP contribution in [0.1, 0.15) is 11.7 Å². The maximum absolute atomic E-state index is 12.2. The van der Waals surface area contributed by atoms with Gasteiger partial charge in [-0.05, 0) is 18.2 Å². The predicted octanol–water partition coefficient (Wildman–Crippen LogP) is 3.18. The molecule has 0 radical (unpaired) electrons. The van der Waals surface area contributed by atoms with Gasteiger partial charge in [0, 0.05) is 10.0 Å². The molecule has 0 spiro atoms. The summed E-state index contributed by atoms with van der Waals surface area (Å²) in [5.41, 5.74) is 0. The first-order valence-corrected chi connectivity index (χ1v) is 7.21. The number of ether oxygens (including phenoxy) is 1. The van der Waals surface area contributed by atoms with Crippen molar-refractivity contribution in [1.29, 1.82) is 0 Å². The van der Waals surface area contributed by atoms with E-state index in [1.807, 2.05) is 0 Å². The molecule has 1 heterocycles. The van der Waals surface area contributed by atoms with Crippen molar-refractivity contribution in [2.75, 3.05) is 6.61 Å². The SMILES string of the molecule is O=C(COc1cc(Cl)cc(Cl)c1)NCc1noc(CC(F)(F)F)n1. The zero-order valence-electron chi connectivity index (χ0n) is 11.9. The molecule has 0 saturated carbocycles. The van der Waals surface area contributed by atoms with Gasteiger partial charge in [-0.1, -0.05) is 28.4 Å². The van der Waals surface area contributed by atoms with Crippen molar-refractivity contribution in [3.05, 3.63) is 40.0 Å². The molecule has 0 aliphatic carbocycles. The van der Waals surface area contributed by atoms with E-state index >= 15 is 0 Å². The van der Waals surface area contributed by atoms with Gasteiger partial charge in [0.25, 0.3) is 5.91 Å². The van der Waals surface area contributed by atoms with Crippen LogP contribution in [0.4, 0.5) is 13.2 Å². The molecule has 6 nitrogen and oxygen atoms in total. The van der Waals surface area contributed by atoms with E-state index in [1.165, 1.54) is 18.2 Å². The Balaban J connectivity index is 1.79. The van der Waals surface area contributed by atoms with Gasteiger partial charge in [-0.15, -0.1) is 0 Å². The number of rotatable bonds is 6. The second-order valence-electron chi connectivity index (χ2n) is 4.57. The third-order valence-electron chi connectivity index (χ3n) is 2.51. The van der Waals surface area contributed by atoms with Gasteiger partial charge in [0.2, 0.25) is 5.89 Å². The van der Waals surface area contributed by atoms with Gasteiger partial charge in [0.15, 0.2) is 12.4 Å². The van der Waals surface area contributed by atoms with E-state index in [-0.39, 0.29) is 19.0 Å². The van der Waals surface area contributed by atoms with E-state index in [0.29, 0.717) is 15.8 Å². The summed E-state index contributed by atoms with van der Waals surface area (Å²) in [5, 5.41) is 6.41. The third kappa shape index (κ3) is 6.25. The van der Waals surface area contributed by atoms with Crippen molar-refractivity contribution in [3.63, 3.8) is 0 Å². The maximum atomic E-state index is 12.2. The van der Waals surface area contributed by atoms with Gasteiger partial charge in [0.1, 0.15) is 12.2 Å². The van der Waals surface area contributed by atoms with E-state index in [9.17, 15) is 18.0 Å². The highest BCUT2D eigenvalue weighted by atomic mass is 35.5. The molecule has 24 heavy (non-hydrogen) atoms. The average Bonchev–Trinajstić information content (AvgIpc) is 2.87. The molecular formula is C13H10Cl2F3N3O3. The lowest BCUT2D eigenvalue weighted by Gasteiger charge is -2.07. The summed E-state index contributed by atoms with van der Waals surface area (Å²) in [6, 6.07) is 4.46. The number of alkyl halides is 3. The van der Waals surface area contributed by atoms with Gasteiger partial charge < -0.3 is 14.6 Å². The number of nitrogens with zero attached hydrogens (tertiary/aromatic N) is 2. The molecule has 11 heteroatoms. The van der Waals surface area contributed by atoms with E-state index < -0.39 is 24.4 Å². The third-order valence-corrected chi connectivity index (χ3v) is 2.95. The smallest absolute Gasteiger partial charge is 0.397 e. The fourth-order valence-electron chi connectivity index (χ4n) is 1.59. The number of carbonyl (C=O) groups excluding carboxylic acids is 1.